The maximum atomic E-state index is 12.4. The smallest absolute Gasteiger partial charge is 0.378 e. The van der Waals surface area contributed by atoms with Crippen LogP contribution in [0.4, 0.5) is 22.0 Å². The quantitative estimate of drug-likeness (QED) is 0.628. The zero-order valence-electron chi connectivity index (χ0n) is 6.70. The van der Waals surface area contributed by atoms with Crippen LogP contribution in [-0.4, -0.2) is 24.8 Å². The molecule has 0 radical (unpaired) electrons. The molecule has 1 fully saturated rings. The summed E-state index contributed by atoms with van der Waals surface area (Å²) >= 11 is 0. The monoisotopic (exact) mass is 204 g/mol. The van der Waals surface area contributed by atoms with E-state index in [0.29, 0.717) is 6.42 Å². The second-order valence-electron chi connectivity index (χ2n) is 3.04. The van der Waals surface area contributed by atoms with Crippen molar-refractivity contribution in [3.8, 4) is 0 Å². The van der Waals surface area contributed by atoms with E-state index in [-0.39, 0.29) is 13.0 Å². The Labute approximate surface area is 71.9 Å². The fraction of sp³-hybridized carbons (Fsp3) is 1.00. The summed E-state index contributed by atoms with van der Waals surface area (Å²) in [6.07, 6.45) is -6.82. The van der Waals surface area contributed by atoms with Crippen molar-refractivity contribution in [2.24, 2.45) is 0 Å². The molecule has 1 saturated heterocycles. The van der Waals surface area contributed by atoms with E-state index in [1.807, 2.05) is 0 Å². The molecule has 1 unspecified atom stereocenters. The lowest BCUT2D eigenvalue weighted by Crippen LogP contribution is -2.39. The van der Waals surface area contributed by atoms with E-state index in [0.717, 1.165) is 0 Å². The molecule has 1 aliphatic heterocycles. The maximum absolute atomic E-state index is 12.4. The lowest BCUT2D eigenvalue weighted by molar-refractivity contribution is -0.290. The van der Waals surface area contributed by atoms with Crippen molar-refractivity contribution in [1.82, 2.24) is 0 Å². The van der Waals surface area contributed by atoms with Gasteiger partial charge in [-0.1, -0.05) is 0 Å². The topological polar surface area (TPSA) is 9.23 Å². The molecule has 0 saturated carbocycles. The van der Waals surface area contributed by atoms with E-state index < -0.39 is 24.6 Å². The Balaban J connectivity index is 2.50. The highest BCUT2D eigenvalue weighted by atomic mass is 19.4. The van der Waals surface area contributed by atoms with Crippen LogP contribution < -0.4 is 0 Å². The van der Waals surface area contributed by atoms with Gasteiger partial charge in [-0.25, -0.2) is 0 Å². The molecule has 0 aromatic rings. The minimum absolute atomic E-state index is 0.276. The summed E-state index contributed by atoms with van der Waals surface area (Å²) in [4.78, 5) is 0. The van der Waals surface area contributed by atoms with Crippen molar-refractivity contribution in [1.29, 1.82) is 0 Å². The van der Waals surface area contributed by atoms with Gasteiger partial charge in [0.1, 0.15) is 0 Å². The molecular formula is C7H9F5O. The van der Waals surface area contributed by atoms with Crippen molar-refractivity contribution in [2.75, 3.05) is 6.61 Å². The molecule has 13 heavy (non-hydrogen) atoms. The standard InChI is InChI=1S/C7H9F5O/c8-6(9,7(10,11)12)4-5-2-1-3-13-5/h5H,1-4H2. The number of hydrogen-bond donors (Lipinski definition) is 0. The summed E-state index contributed by atoms with van der Waals surface area (Å²) in [5, 5.41) is 0. The number of halogens is 5. The SMILES string of the molecule is FC(F)(F)C(F)(F)CC1CCCO1. The molecule has 1 atom stereocenters. The van der Waals surface area contributed by atoms with Gasteiger partial charge in [-0.05, 0) is 12.8 Å². The molecule has 0 N–H and O–H groups in total. The third-order valence-corrected chi connectivity index (χ3v) is 1.92. The Bertz CT molecular complexity index is 170. The summed E-state index contributed by atoms with van der Waals surface area (Å²) in [5.41, 5.74) is 0. The van der Waals surface area contributed by atoms with Crippen LogP contribution in [-0.2, 0) is 4.74 Å². The van der Waals surface area contributed by atoms with Crippen LogP contribution in [0.3, 0.4) is 0 Å². The van der Waals surface area contributed by atoms with Crippen LogP contribution >= 0.6 is 0 Å². The minimum atomic E-state index is -5.46. The van der Waals surface area contributed by atoms with E-state index in [2.05, 4.69) is 0 Å². The number of rotatable bonds is 2. The maximum Gasteiger partial charge on any atom is 0.453 e. The number of ether oxygens (including phenoxy) is 1. The first kappa shape index (κ1) is 10.7. The predicted molar refractivity (Wildman–Crippen MR) is 34.6 cm³/mol. The summed E-state index contributed by atoms with van der Waals surface area (Å²) in [6.45, 7) is 0.276. The van der Waals surface area contributed by atoms with Crippen molar-refractivity contribution < 1.29 is 26.7 Å². The molecular weight excluding hydrogens is 195 g/mol. The van der Waals surface area contributed by atoms with Crippen molar-refractivity contribution in [2.45, 2.75) is 37.5 Å². The van der Waals surface area contributed by atoms with Crippen LogP contribution in [0.1, 0.15) is 19.3 Å². The average molecular weight is 204 g/mol. The Morgan fingerprint density at radius 2 is 1.77 bits per heavy atom. The summed E-state index contributed by atoms with van der Waals surface area (Å²) in [7, 11) is 0. The van der Waals surface area contributed by atoms with E-state index in [1.54, 1.807) is 0 Å². The lowest BCUT2D eigenvalue weighted by Gasteiger charge is -2.22. The Morgan fingerprint density at radius 3 is 2.15 bits per heavy atom. The molecule has 1 nitrogen and oxygen atoms in total. The molecule has 0 aromatic heterocycles. The van der Waals surface area contributed by atoms with Gasteiger partial charge >= 0.3 is 12.1 Å². The number of alkyl halides is 5. The third-order valence-electron chi connectivity index (χ3n) is 1.92. The van der Waals surface area contributed by atoms with Crippen LogP contribution in [0.25, 0.3) is 0 Å². The molecule has 0 spiro atoms. The summed E-state index contributed by atoms with van der Waals surface area (Å²) in [6, 6.07) is 0. The van der Waals surface area contributed by atoms with Gasteiger partial charge in [0.15, 0.2) is 0 Å². The van der Waals surface area contributed by atoms with Gasteiger partial charge < -0.3 is 4.74 Å². The third kappa shape index (κ3) is 2.52. The minimum Gasteiger partial charge on any atom is -0.378 e. The highest BCUT2D eigenvalue weighted by Gasteiger charge is 2.58. The summed E-state index contributed by atoms with van der Waals surface area (Å²) in [5.74, 6) is -4.62. The van der Waals surface area contributed by atoms with E-state index in [4.69, 9.17) is 4.74 Å². The molecule has 0 bridgehead atoms. The highest BCUT2D eigenvalue weighted by Crippen LogP contribution is 2.40. The van der Waals surface area contributed by atoms with Crippen LogP contribution in [0.5, 0.6) is 0 Å². The fourth-order valence-electron chi connectivity index (χ4n) is 1.21. The largest absolute Gasteiger partial charge is 0.453 e. The lowest BCUT2D eigenvalue weighted by atomic mass is 10.1. The molecule has 1 rings (SSSR count). The van der Waals surface area contributed by atoms with Gasteiger partial charge in [0.25, 0.3) is 0 Å². The Kier molecular flexibility index (Phi) is 2.79. The molecule has 0 aromatic carbocycles. The van der Waals surface area contributed by atoms with E-state index in [1.165, 1.54) is 0 Å². The van der Waals surface area contributed by atoms with Gasteiger partial charge in [-0.3, -0.25) is 0 Å². The van der Waals surface area contributed by atoms with Crippen LogP contribution in [0, 0.1) is 0 Å². The molecule has 0 amide bonds. The van der Waals surface area contributed by atoms with Gasteiger partial charge in [0.2, 0.25) is 0 Å². The van der Waals surface area contributed by atoms with Crippen molar-refractivity contribution in [3.05, 3.63) is 0 Å². The number of hydrogen-bond acceptors (Lipinski definition) is 1. The zero-order chi connectivity index (χ0) is 10.1. The fourth-order valence-corrected chi connectivity index (χ4v) is 1.21. The van der Waals surface area contributed by atoms with Crippen LogP contribution in [0.15, 0.2) is 0 Å². The van der Waals surface area contributed by atoms with E-state index in [9.17, 15) is 22.0 Å². The first-order valence-corrected chi connectivity index (χ1v) is 3.89. The second kappa shape index (κ2) is 3.40. The van der Waals surface area contributed by atoms with Crippen LogP contribution in [0.2, 0.25) is 0 Å². The zero-order valence-corrected chi connectivity index (χ0v) is 6.70. The normalized spacial score (nSPS) is 25.2. The Morgan fingerprint density at radius 1 is 1.15 bits per heavy atom. The van der Waals surface area contributed by atoms with E-state index >= 15 is 0 Å². The van der Waals surface area contributed by atoms with Crippen molar-refractivity contribution in [3.63, 3.8) is 0 Å². The summed E-state index contributed by atoms with van der Waals surface area (Å²) < 4.78 is 64.5. The molecule has 1 aliphatic rings. The first-order valence-electron chi connectivity index (χ1n) is 3.89. The molecule has 0 aliphatic carbocycles. The predicted octanol–water partition coefficient (Wildman–Crippen LogP) is 2.75. The average Bonchev–Trinajstić information content (AvgIpc) is 2.35. The van der Waals surface area contributed by atoms with Gasteiger partial charge in [0.05, 0.1) is 6.10 Å². The molecule has 78 valence electrons. The Hall–Kier alpha value is -0.390. The van der Waals surface area contributed by atoms with Gasteiger partial charge in [-0.2, -0.15) is 22.0 Å². The highest BCUT2D eigenvalue weighted by molar-refractivity contribution is 4.81. The molecule has 1 heterocycles. The molecule has 6 heteroatoms. The first-order chi connectivity index (χ1) is 5.83. The van der Waals surface area contributed by atoms with Crippen molar-refractivity contribution >= 4 is 0 Å². The van der Waals surface area contributed by atoms with Gasteiger partial charge in [-0.15, -0.1) is 0 Å². The second-order valence-corrected chi connectivity index (χ2v) is 3.04. The van der Waals surface area contributed by atoms with Gasteiger partial charge in [0, 0.05) is 13.0 Å².